The van der Waals surface area contributed by atoms with Crippen LogP contribution in [0.25, 0.3) is 0 Å². The number of fused-ring (bicyclic) bond motifs is 1. The highest BCUT2D eigenvalue weighted by molar-refractivity contribution is 5.92. The van der Waals surface area contributed by atoms with Crippen LogP contribution in [0.3, 0.4) is 0 Å². The van der Waals surface area contributed by atoms with Gasteiger partial charge in [-0.25, -0.2) is 0 Å². The Kier molecular flexibility index (Phi) is 6.73. The molecule has 1 aromatic heterocycles. The monoisotopic (exact) mass is 419 g/mol. The molecule has 166 valence electrons. The van der Waals surface area contributed by atoms with Crippen molar-refractivity contribution in [1.82, 2.24) is 15.4 Å². The van der Waals surface area contributed by atoms with Crippen LogP contribution in [0.4, 0.5) is 0 Å². The standard InChI is InChI=1S/C22H33N3O5/c1-3-4-15-5-7-16(8-6-15)21(26)23-17-12-28-19-10-25(11-20(19)29-13-17)22(27)18-9-14(2)30-24-18/h9,15-17,19-20H,3-8,10-13H2,1-2H3,(H,23,26)/t15?,16?,19-,20-/m0/s1. The van der Waals surface area contributed by atoms with Gasteiger partial charge < -0.3 is 24.2 Å². The predicted molar refractivity (Wildman–Crippen MR) is 109 cm³/mol. The van der Waals surface area contributed by atoms with Crippen LogP contribution in [0.5, 0.6) is 0 Å². The highest BCUT2D eigenvalue weighted by Gasteiger charge is 2.40. The summed E-state index contributed by atoms with van der Waals surface area (Å²) in [7, 11) is 0. The van der Waals surface area contributed by atoms with Crippen LogP contribution in [0.2, 0.25) is 0 Å². The number of carbonyl (C=O) groups excluding carboxylic acids is 2. The molecule has 0 spiro atoms. The number of rotatable bonds is 5. The Hall–Kier alpha value is -1.93. The summed E-state index contributed by atoms with van der Waals surface area (Å²) in [6.45, 7) is 5.71. The molecule has 8 heteroatoms. The van der Waals surface area contributed by atoms with Crippen LogP contribution in [0.1, 0.15) is 61.7 Å². The van der Waals surface area contributed by atoms with E-state index in [2.05, 4.69) is 17.4 Å². The van der Waals surface area contributed by atoms with Gasteiger partial charge in [-0.1, -0.05) is 24.9 Å². The number of nitrogens with one attached hydrogen (secondary N) is 1. The smallest absolute Gasteiger partial charge is 0.276 e. The van der Waals surface area contributed by atoms with E-state index in [0.717, 1.165) is 31.6 Å². The summed E-state index contributed by atoms with van der Waals surface area (Å²) in [6.07, 6.45) is 6.40. The molecule has 1 saturated carbocycles. The lowest BCUT2D eigenvalue weighted by Crippen LogP contribution is -2.44. The van der Waals surface area contributed by atoms with E-state index in [1.54, 1.807) is 17.9 Å². The number of nitrogens with zero attached hydrogens (tertiary/aromatic N) is 2. The summed E-state index contributed by atoms with van der Waals surface area (Å²) < 4.78 is 17.0. The Morgan fingerprint density at radius 3 is 2.37 bits per heavy atom. The van der Waals surface area contributed by atoms with Gasteiger partial charge >= 0.3 is 0 Å². The second-order valence-corrected chi connectivity index (χ2v) is 8.99. The summed E-state index contributed by atoms with van der Waals surface area (Å²) in [5.74, 6) is 1.47. The van der Waals surface area contributed by atoms with Gasteiger partial charge in [0.2, 0.25) is 5.91 Å². The Balaban J connectivity index is 1.23. The lowest BCUT2D eigenvalue weighted by molar-refractivity contribution is -0.127. The van der Waals surface area contributed by atoms with Gasteiger partial charge in [-0.15, -0.1) is 0 Å². The molecule has 2 aliphatic heterocycles. The number of ether oxygens (including phenoxy) is 2. The summed E-state index contributed by atoms with van der Waals surface area (Å²) in [6, 6.07) is 1.50. The van der Waals surface area contributed by atoms with Crippen molar-refractivity contribution in [3.8, 4) is 0 Å². The normalized spacial score (nSPS) is 30.0. The van der Waals surface area contributed by atoms with Crippen molar-refractivity contribution in [3.63, 3.8) is 0 Å². The Bertz CT molecular complexity index is 727. The number of likely N-dealkylation sites (tertiary alicyclic amines) is 1. The molecule has 1 aliphatic carbocycles. The van der Waals surface area contributed by atoms with E-state index in [-0.39, 0.29) is 36.0 Å². The second kappa shape index (κ2) is 9.47. The zero-order chi connectivity index (χ0) is 21.1. The first-order valence-corrected chi connectivity index (χ1v) is 11.3. The van der Waals surface area contributed by atoms with Gasteiger partial charge in [0.15, 0.2) is 5.69 Å². The molecule has 0 bridgehead atoms. The molecule has 8 nitrogen and oxygen atoms in total. The fourth-order valence-electron chi connectivity index (χ4n) is 4.91. The highest BCUT2D eigenvalue weighted by atomic mass is 16.6. The van der Waals surface area contributed by atoms with Crippen LogP contribution < -0.4 is 5.32 Å². The number of carbonyl (C=O) groups is 2. The molecular weight excluding hydrogens is 386 g/mol. The molecule has 2 atom stereocenters. The lowest BCUT2D eigenvalue weighted by Gasteiger charge is -2.29. The zero-order valence-corrected chi connectivity index (χ0v) is 18.0. The molecule has 3 aliphatic rings. The summed E-state index contributed by atoms with van der Waals surface area (Å²) in [4.78, 5) is 27.0. The summed E-state index contributed by atoms with van der Waals surface area (Å²) in [5, 5.41) is 6.94. The third-order valence-electron chi connectivity index (χ3n) is 6.63. The van der Waals surface area contributed by atoms with Gasteiger partial charge in [0, 0.05) is 25.1 Å². The first kappa shape index (κ1) is 21.3. The molecule has 2 saturated heterocycles. The fourth-order valence-corrected chi connectivity index (χ4v) is 4.91. The Morgan fingerprint density at radius 1 is 1.13 bits per heavy atom. The summed E-state index contributed by atoms with van der Waals surface area (Å²) in [5.41, 5.74) is 0.308. The highest BCUT2D eigenvalue weighted by Crippen LogP contribution is 2.31. The van der Waals surface area contributed by atoms with Crippen molar-refractivity contribution < 1.29 is 23.6 Å². The van der Waals surface area contributed by atoms with Crippen molar-refractivity contribution in [2.24, 2.45) is 11.8 Å². The molecule has 4 rings (SSSR count). The van der Waals surface area contributed by atoms with E-state index in [0.29, 0.717) is 37.8 Å². The lowest BCUT2D eigenvalue weighted by atomic mass is 9.79. The zero-order valence-electron chi connectivity index (χ0n) is 18.0. The third-order valence-corrected chi connectivity index (χ3v) is 6.63. The minimum absolute atomic E-state index is 0.111. The van der Waals surface area contributed by atoms with E-state index >= 15 is 0 Å². The van der Waals surface area contributed by atoms with Crippen molar-refractivity contribution >= 4 is 11.8 Å². The number of hydrogen-bond acceptors (Lipinski definition) is 6. The van der Waals surface area contributed by atoms with Gasteiger partial charge in [0.1, 0.15) is 18.0 Å². The van der Waals surface area contributed by atoms with Crippen LogP contribution in [-0.2, 0) is 14.3 Å². The number of amides is 2. The molecule has 0 aromatic carbocycles. The van der Waals surface area contributed by atoms with Gasteiger partial charge in [-0.05, 0) is 38.5 Å². The molecule has 3 heterocycles. The Morgan fingerprint density at radius 2 is 1.80 bits per heavy atom. The van der Waals surface area contributed by atoms with Crippen LogP contribution in [0.15, 0.2) is 10.6 Å². The second-order valence-electron chi connectivity index (χ2n) is 8.99. The minimum Gasteiger partial charge on any atom is -0.371 e. The molecule has 30 heavy (non-hydrogen) atoms. The molecule has 0 unspecified atom stereocenters. The van der Waals surface area contributed by atoms with E-state index in [1.807, 2.05) is 0 Å². The number of aromatic nitrogens is 1. The van der Waals surface area contributed by atoms with E-state index in [9.17, 15) is 9.59 Å². The van der Waals surface area contributed by atoms with E-state index in [1.165, 1.54) is 12.8 Å². The van der Waals surface area contributed by atoms with Gasteiger partial charge in [-0.3, -0.25) is 9.59 Å². The predicted octanol–water partition coefficient (Wildman–Crippen LogP) is 2.31. The van der Waals surface area contributed by atoms with Crippen molar-refractivity contribution in [2.45, 2.75) is 70.6 Å². The first-order chi connectivity index (χ1) is 14.5. The molecule has 2 amide bonds. The third kappa shape index (κ3) is 4.86. The van der Waals surface area contributed by atoms with Crippen LogP contribution in [-0.4, -0.2) is 66.4 Å². The quantitative estimate of drug-likeness (QED) is 0.787. The molecule has 1 aromatic rings. The van der Waals surface area contributed by atoms with Crippen molar-refractivity contribution in [1.29, 1.82) is 0 Å². The number of hydrogen-bond donors (Lipinski definition) is 1. The SMILES string of the molecule is CCCC1CCC(C(=O)NC2CO[C@H]3CN(C(=O)c4cc(C)on4)C[C@@H]3OC2)CC1. The molecule has 1 N–H and O–H groups in total. The summed E-state index contributed by atoms with van der Waals surface area (Å²) >= 11 is 0. The Labute approximate surface area is 177 Å². The largest absolute Gasteiger partial charge is 0.371 e. The average Bonchev–Trinajstić information content (AvgIpc) is 3.32. The van der Waals surface area contributed by atoms with Crippen LogP contribution in [0, 0.1) is 18.8 Å². The maximum absolute atomic E-state index is 12.7. The average molecular weight is 420 g/mol. The minimum atomic E-state index is -0.187. The first-order valence-electron chi connectivity index (χ1n) is 11.3. The maximum atomic E-state index is 12.7. The van der Waals surface area contributed by atoms with E-state index < -0.39 is 0 Å². The molecule has 0 radical (unpaired) electrons. The van der Waals surface area contributed by atoms with Crippen LogP contribution >= 0.6 is 0 Å². The van der Waals surface area contributed by atoms with Crippen molar-refractivity contribution in [2.75, 3.05) is 26.3 Å². The van der Waals surface area contributed by atoms with Gasteiger partial charge in [0.05, 0.1) is 19.3 Å². The molecular formula is C22H33N3O5. The maximum Gasteiger partial charge on any atom is 0.276 e. The van der Waals surface area contributed by atoms with Gasteiger partial charge in [0.25, 0.3) is 5.91 Å². The van der Waals surface area contributed by atoms with E-state index in [4.69, 9.17) is 14.0 Å². The van der Waals surface area contributed by atoms with Gasteiger partial charge in [-0.2, -0.15) is 0 Å². The number of aryl methyl sites for hydroxylation is 1. The van der Waals surface area contributed by atoms with Crippen molar-refractivity contribution in [3.05, 3.63) is 17.5 Å². The topological polar surface area (TPSA) is 93.9 Å². The molecule has 3 fully saturated rings. The fraction of sp³-hybridized carbons (Fsp3) is 0.773.